The van der Waals surface area contributed by atoms with Gasteiger partial charge >= 0.3 is 5.97 Å². The number of benzene rings is 1. The van der Waals surface area contributed by atoms with Gasteiger partial charge in [-0.15, -0.1) is 5.06 Å². The number of nitrogens with zero attached hydrogens (tertiary/aromatic N) is 1. The quantitative estimate of drug-likeness (QED) is 0.659. The molecule has 0 aromatic heterocycles. The highest BCUT2D eigenvalue weighted by atomic mass is 16.7. The van der Waals surface area contributed by atoms with Gasteiger partial charge in [-0.05, 0) is 24.6 Å². The number of aromatic hydroxyl groups is 1. The summed E-state index contributed by atoms with van der Waals surface area (Å²) < 4.78 is 4.76. The Kier molecular flexibility index (Phi) is 4.23. The van der Waals surface area contributed by atoms with E-state index in [4.69, 9.17) is 9.57 Å². The molecule has 0 aliphatic carbocycles. The Morgan fingerprint density at radius 2 is 1.95 bits per heavy atom. The maximum absolute atomic E-state index is 11.9. The van der Waals surface area contributed by atoms with Crippen molar-refractivity contribution < 1.29 is 29.1 Å². The van der Waals surface area contributed by atoms with E-state index < -0.39 is 30.0 Å². The highest BCUT2D eigenvalue weighted by molar-refractivity contribution is 6.04. The fourth-order valence-electron chi connectivity index (χ4n) is 1.95. The number of phenolic OH excluding ortho intramolecular Hbond substituents is 1. The summed E-state index contributed by atoms with van der Waals surface area (Å²) in [5.41, 5.74) is 0.685. The lowest BCUT2D eigenvalue weighted by atomic mass is 10.1. The third-order valence-corrected chi connectivity index (χ3v) is 3.00. The molecule has 0 bridgehead atoms. The van der Waals surface area contributed by atoms with Gasteiger partial charge in [-0.1, -0.05) is 12.1 Å². The van der Waals surface area contributed by atoms with Crippen molar-refractivity contribution in [1.29, 1.82) is 0 Å². The lowest BCUT2D eigenvalue weighted by molar-refractivity contribution is -0.204. The molecule has 21 heavy (non-hydrogen) atoms. The zero-order valence-corrected chi connectivity index (χ0v) is 11.6. The average Bonchev–Trinajstić information content (AvgIpc) is 2.66. The number of ether oxygens (including phenoxy) is 1. The minimum atomic E-state index is -1.12. The summed E-state index contributed by atoms with van der Waals surface area (Å²) in [7, 11) is 0. The van der Waals surface area contributed by atoms with Crippen LogP contribution in [0.25, 0.3) is 0 Å². The number of hydrogen-bond acceptors (Lipinski definition) is 6. The predicted octanol–water partition coefficient (Wildman–Crippen LogP) is 1.08. The number of phenols is 1. The second kappa shape index (κ2) is 5.92. The first-order chi connectivity index (χ1) is 9.88. The van der Waals surface area contributed by atoms with E-state index in [1.54, 1.807) is 19.1 Å². The molecule has 1 saturated heterocycles. The summed E-state index contributed by atoms with van der Waals surface area (Å²) in [6.45, 7) is 2.83. The van der Waals surface area contributed by atoms with Gasteiger partial charge in [0.1, 0.15) is 11.9 Å². The van der Waals surface area contributed by atoms with Crippen LogP contribution < -0.4 is 0 Å². The predicted molar refractivity (Wildman–Crippen MR) is 69.6 cm³/mol. The highest BCUT2D eigenvalue weighted by Crippen LogP contribution is 2.25. The Labute approximate surface area is 121 Å². The topological polar surface area (TPSA) is 93.1 Å². The molecule has 1 N–H and O–H groups in total. The summed E-state index contributed by atoms with van der Waals surface area (Å²) in [6, 6.07) is 6.19. The first-order valence-electron chi connectivity index (χ1n) is 6.38. The molecule has 1 aliphatic heterocycles. The Morgan fingerprint density at radius 1 is 1.33 bits per heavy atom. The highest BCUT2D eigenvalue weighted by Gasteiger charge is 2.42. The second-order valence-corrected chi connectivity index (χ2v) is 4.67. The van der Waals surface area contributed by atoms with Crippen molar-refractivity contribution in [3.8, 4) is 5.75 Å². The number of hydrogen-bond donors (Lipinski definition) is 1. The molecule has 2 rings (SSSR count). The van der Waals surface area contributed by atoms with Crippen molar-refractivity contribution in [1.82, 2.24) is 5.06 Å². The van der Waals surface area contributed by atoms with E-state index in [1.807, 2.05) is 0 Å². The molecular formula is C14H15NO6. The largest absolute Gasteiger partial charge is 0.508 e. The Morgan fingerprint density at radius 3 is 2.52 bits per heavy atom. The van der Waals surface area contributed by atoms with Gasteiger partial charge in [-0.25, -0.2) is 0 Å². The van der Waals surface area contributed by atoms with Crippen LogP contribution in [0.15, 0.2) is 24.3 Å². The number of imide groups is 1. The third kappa shape index (κ3) is 3.38. The van der Waals surface area contributed by atoms with Crippen molar-refractivity contribution in [2.45, 2.75) is 32.5 Å². The first-order valence-corrected chi connectivity index (χ1v) is 6.38. The Balaban J connectivity index is 2.05. The summed E-state index contributed by atoms with van der Waals surface area (Å²) in [4.78, 5) is 39.9. The molecule has 0 spiro atoms. The lowest BCUT2D eigenvalue weighted by Crippen LogP contribution is -2.34. The van der Waals surface area contributed by atoms with Gasteiger partial charge in [0.05, 0.1) is 6.42 Å². The number of hydroxylamine groups is 2. The number of amides is 2. The summed E-state index contributed by atoms with van der Waals surface area (Å²) in [5.74, 6) is -1.78. The van der Waals surface area contributed by atoms with Gasteiger partial charge in [-0.2, -0.15) is 0 Å². The van der Waals surface area contributed by atoms with Crippen molar-refractivity contribution in [2.24, 2.45) is 0 Å². The standard InChI is InChI=1S/C14H15NO6/c1-8(10-3-5-11(17)6-4-10)21-15-13(18)7-12(14(15)19)20-9(2)16/h3-6,8,12,17H,7H2,1-2H3. The molecule has 1 aliphatic rings. The minimum absolute atomic E-state index is 0.106. The molecule has 2 atom stereocenters. The van der Waals surface area contributed by atoms with E-state index in [9.17, 15) is 19.5 Å². The van der Waals surface area contributed by atoms with Gasteiger partial charge in [0, 0.05) is 6.92 Å². The minimum Gasteiger partial charge on any atom is -0.508 e. The van der Waals surface area contributed by atoms with Crippen LogP contribution in [0.3, 0.4) is 0 Å². The van der Waals surface area contributed by atoms with E-state index in [2.05, 4.69) is 0 Å². The van der Waals surface area contributed by atoms with E-state index in [1.165, 1.54) is 19.1 Å². The van der Waals surface area contributed by atoms with E-state index >= 15 is 0 Å². The van der Waals surface area contributed by atoms with Crippen LogP contribution in [0.5, 0.6) is 5.75 Å². The average molecular weight is 293 g/mol. The molecular weight excluding hydrogens is 278 g/mol. The summed E-state index contributed by atoms with van der Waals surface area (Å²) in [5, 5.41) is 9.85. The normalized spacial score (nSPS) is 19.7. The van der Waals surface area contributed by atoms with Crippen LogP contribution in [-0.4, -0.2) is 34.1 Å². The molecule has 112 valence electrons. The van der Waals surface area contributed by atoms with Gasteiger partial charge in [0.15, 0.2) is 6.10 Å². The molecule has 1 aromatic carbocycles. The van der Waals surface area contributed by atoms with Crippen LogP contribution in [0.2, 0.25) is 0 Å². The van der Waals surface area contributed by atoms with Crippen LogP contribution >= 0.6 is 0 Å². The van der Waals surface area contributed by atoms with Gasteiger partial charge in [0.25, 0.3) is 11.8 Å². The van der Waals surface area contributed by atoms with Gasteiger partial charge < -0.3 is 9.84 Å². The van der Waals surface area contributed by atoms with Crippen LogP contribution in [0, 0.1) is 0 Å². The number of carbonyl (C=O) groups is 3. The SMILES string of the molecule is CC(=O)OC1CC(=O)N(OC(C)c2ccc(O)cc2)C1=O. The number of esters is 1. The van der Waals surface area contributed by atoms with Crippen molar-refractivity contribution in [3.05, 3.63) is 29.8 Å². The maximum atomic E-state index is 11.9. The fraction of sp³-hybridized carbons (Fsp3) is 0.357. The maximum Gasteiger partial charge on any atom is 0.303 e. The Bertz CT molecular complexity index is 567. The van der Waals surface area contributed by atoms with Crippen molar-refractivity contribution in [2.75, 3.05) is 0 Å². The van der Waals surface area contributed by atoms with Crippen molar-refractivity contribution >= 4 is 17.8 Å². The fourth-order valence-corrected chi connectivity index (χ4v) is 1.95. The van der Waals surface area contributed by atoms with Crippen LogP contribution in [-0.2, 0) is 24.0 Å². The zero-order valence-electron chi connectivity index (χ0n) is 11.6. The molecule has 1 aromatic rings. The molecule has 0 radical (unpaired) electrons. The van der Waals surface area contributed by atoms with Gasteiger partial charge in [-0.3, -0.25) is 19.2 Å². The molecule has 2 unspecified atom stereocenters. The third-order valence-electron chi connectivity index (χ3n) is 3.00. The van der Waals surface area contributed by atoms with Gasteiger partial charge in [0.2, 0.25) is 0 Å². The Hall–Kier alpha value is -2.41. The monoisotopic (exact) mass is 293 g/mol. The smallest absolute Gasteiger partial charge is 0.303 e. The number of rotatable bonds is 4. The first kappa shape index (κ1) is 15.0. The summed E-state index contributed by atoms with van der Waals surface area (Å²) >= 11 is 0. The number of carbonyl (C=O) groups excluding carboxylic acids is 3. The zero-order chi connectivity index (χ0) is 15.6. The molecule has 7 nitrogen and oxygen atoms in total. The van der Waals surface area contributed by atoms with Crippen molar-refractivity contribution in [3.63, 3.8) is 0 Å². The van der Waals surface area contributed by atoms with E-state index in [0.29, 0.717) is 10.6 Å². The summed E-state index contributed by atoms with van der Waals surface area (Å²) in [6.07, 6.45) is -1.92. The molecule has 0 saturated carbocycles. The van der Waals surface area contributed by atoms with E-state index in [0.717, 1.165) is 0 Å². The van der Waals surface area contributed by atoms with E-state index in [-0.39, 0.29) is 12.2 Å². The van der Waals surface area contributed by atoms with Crippen LogP contribution in [0.4, 0.5) is 0 Å². The molecule has 7 heteroatoms. The lowest BCUT2D eigenvalue weighted by Gasteiger charge is -2.19. The molecule has 1 fully saturated rings. The second-order valence-electron chi connectivity index (χ2n) is 4.67. The molecule has 2 amide bonds. The van der Waals surface area contributed by atoms with Crippen LogP contribution in [0.1, 0.15) is 31.9 Å². The molecule has 1 heterocycles.